The van der Waals surface area contributed by atoms with Gasteiger partial charge in [0.15, 0.2) is 10.9 Å². The summed E-state index contributed by atoms with van der Waals surface area (Å²) < 4.78 is 10.3. The Bertz CT molecular complexity index is 673. The van der Waals surface area contributed by atoms with E-state index in [2.05, 4.69) is 10.3 Å². The van der Waals surface area contributed by atoms with Gasteiger partial charge in [0.05, 0.1) is 18.2 Å². The molecule has 22 heavy (non-hydrogen) atoms. The van der Waals surface area contributed by atoms with Crippen molar-refractivity contribution in [2.45, 2.75) is 12.8 Å². The van der Waals surface area contributed by atoms with Gasteiger partial charge in [0.25, 0.3) is 0 Å². The second-order valence-corrected chi connectivity index (χ2v) is 5.89. The Morgan fingerprint density at radius 1 is 1.36 bits per heavy atom. The number of furan rings is 1. The predicted molar refractivity (Wildman–Crippen MR) is 79.3 cm³/mol. The van der Waals surface area contributed by atoms with Crippen molar-refractivity contribution in [2.75, 3.05) is 18.5 Å². The molecule has 1 amide bonds. The highest BCUT2D eigenvalue weighted by Crippen LogP contribution is 2.34. The molecule has 0 bridgehead atoms. The van der Waals surface area contributed by atoms with Gasteiger partial charge in [0, 0.05) is 24.7 Å². The zero-order valence-corrected chi connectivity index (χ0v) is 12.4. The van der Waals surface area contributed by atoms with Crippen molar-refractivity contribution in [3.8, 4) is 11.3 Å². The molecule has 0 unspecified atom stereocenters. The third-order valence-corrected chi connectivity index (χ3v) is 4.44. The molecule has 1 fully saturated rings. The number of rotatable bonds is 4. The lowest BCUT2D eigenvalue weighted by Gasteiger charge is -2.20. The molecule has 2 aromatic heterocycles. The number of Topliss-reactive ketones (excluding diaryl/α,β-unsaturated/α-hetero) is 1. The standard InChI is InChI=1S/C14H14N2O5S/c17-11(8-1-4-20-5-2-8)12-10(9-3-6-21-7-9)15-13(22-12)16-14(18)19/h3,6-8H,1-2,4-5H2,(H,15,16)(H,18,19). The fourth-order valence-corrected chi connectivity index (χ4v) is 3.37. The highest BCUT2D eigenvalue weighted by atomic mass is 32.1. The molecular formula is C14H14N2O5S. The summed E-state index contributed by atoms with van der Waals surface area (Å²) in [6.45, 7) is 1.13. The average molecular weight is 322 g/mol. The Labute approximate surface area is 129 Å². The quantitative estimate of drug-likeness (QED) is 0.839. The molecule has 7 nitrogen and oxygen atoms in total. The fourth-order valence-electron chi connectivity index (χ4n) is 2.37. The fraction of sp³-hybridized carbons (Fsp3) is 0.357. The van der Waals surface area contributed by atoms with Gasteiger partial charge in [0.2, 0.25) is 0 Å². The van der Waals surface area contributed by atoms with Crippen LogP contribution in [0, 0.1) is 5.92 Å². The molecule has 3 rings (SSSR count). The highest BCUT2D eigenvalue weighted by molar-refractivity contribution is 7.18. The smallest absolute Gasteiger partial charge is 0.410 e. The van der Waals surface area contributed by atoms with E-state index >= 15 is 0 Å². The van der Waals surface area contributed by atoms with Crippen LogP contribution < -0.4 is 5.32 Å². The molecule has 2 aromatic rings. The summed E-state index contributed by atoms with van der Waals surface area (Å²) >= 11 is 1.05. The summed E-state index contributed by atoms with van der Waals surface area (Å²) in [6.07, 6.45) is 3.10. The van der Waals surface area contributed by atoms with E-state index in [0.717, 1.165) is 11.3 Å². The molecule has 0 aromatic carbocycles. The van der Waals surface area contributed by atoms with Gasteiger partial charge in [-0.05, 0) is 18.9 Å². The van der Waals surface area contributed by atoms with E-state index in [0.29, 0.717) is 42.2 Å². The molecule has 0 radical (unpaired) electrons. The lowest BCUT2D eigenvalue weighted by atomic mass is 9.93. The molecule has 0 aliphatic carbocycles. The second kappa shape index (κ2) is 6.29. The Morgan fingerprint density at radius 3 is 2.77 bits per heavy atom. The molecule has 3 heterocycles. The van der Waals surface area contributed by atoms with E-state index in [4.69, 9.17) is 14.3 Å². The number of thiazole rings is 1. The summed E-state index contributed by atoms with van der Waals surface area (Å²) in [4.78, 5) is 28.2. The van der Waals surface area contributed by atoms with Crippen LogP contribution in [0.4, 0.5) is 9.93 Å². The minimum atomic E-state index is -1.21. The minimum absolute atomic E-state index is 0.0181. The Balaban J connectivity index is 1.95. The van der Waals surface area contributed by atoms with Crippen molar-refractivity contribution in [3.63, 3.8) is 0 Å². The number of ketones is 1. The van der Waals surface area contributed by atoms with Crippen molar-refractivity contribution in [2.24, 2.45) is 5.92 Å². The zero-order chi connectivity index (χ0) is 15.5. The van der Waals surface area contributed by atoms with Crippen LogP contribution in [0.5, 0.6) is 0 Å². The maximum absolute atomic E-state index is 12.7. The molecule has 1 aliphatic rings. The molecule has 2 N–H and O–H groups in total. The Hall–Kier alpha value is -2.19. The van der Waals surface area contributed by atoms with Crippen LogP contribution in [0.2, 0.25) is 0 Å². The summed E-state index contributed by atoms with van der Waals surface area (Å²) in [5.41, 5.74) is 1.11. The first-order valence-corrected chi connectivity index (χ1v) is 7.62. The molecule has 1 aliphatic heterocycles. The molecule has 0 spiro atoms. The van der Waals surface area contributed by atoms with Crippen molar-refractivity contribution >= 4 is 28.3 Å². The number of amides is 1. The number of nitrogens with zero attached hydrogens (tertiary/aromatic N) is 1. The van der Waals surface area contributed by atoms with Crippen molar-refractivity contribution < 1.29 is 23.8 Å². The number of carboxylic acid groups (broad SMARTS) is 1. The van der Waals surface area contributed by atoms with Crippen LogP contribution >= 0.6 is 11.3 Å². The number of ether oxygens (including phenoxy) is 1. The maximum atomic E-state index is 12.7. The lowest BCUT2D eigenvalue weighted by Crippen LogP contribution is -2.23. The number of hydrogen-bond acceptors (Lipinski definition) is 6. The van der Waals surface area contributed by atoms with Crippen LogP contribution in [0.25, 0.3) is 11.3 Å². The van der Waals surface area contributed by atoms with Gasteiger partial charge in [-0.25, -0.2) is 9.78 Å². The average Bonchev–Trinajstić information content (AvgIpc) is 3.15. The van der Waals surface area contributed by atoms with Crippen LogP contribution in [-0.2, 0) is 4.74 Å². The lowest BCUT2D eigenvalue weighted by molar-refractivity contribution is 0.0548. The maximum Gasteiger partial charge on any atom is 0.410 e. The molecule has 1 saturated heterocycles. The molecule has 0 atom stereocenters. The first kappa shape index (κ1) is 14.7. The first-order chi connectivity index (χ1) is 10.6. The van der Waals surface area contributed by atoms with Crippen LogP contribution in [0.3, 0.4) is 0 Å². The largest absolute Gasteiger partial charge is 0.472 e. The van der Waals surface area contributed by atoms with E-state index in [-0.39, 0.29) is 16.8 Å². The normalized spacial score (nSPS) is 15.6. The zero-order valence-electron chi connectivity index (χ0n) is 11.6. The molecule has 8 heteroatoms. The van der Waals surface area contributed by atoms with E-state index in [9.17, 15) is 9.59 Å². The number of hydrogen-bond donors (Lipinski definition) is 2. The number of aromatic nitrogens is 1. The van der Waals surface area contributed by atoms with Crippen molar-refractivity contribution in [3.05, 3.63) is 23.5 Å². The van der Waals surface area contributed by atoms with Gasteiger partial charge >= 0.3 is 6.09 Å². The van der Waals surface area contributed by atoms with E-state index < -0.39 is 6.09 Å². The van der Waals surface area contributed by atoms with Gasteiger partial charge in [-0.3, -0.25) is 10.1 Å². The number of carbonyl (C=O) groups excluding carboxylic acids is 1. The van der Waals surface area contributed by atoms with Crippen LogP contribution in [0.1, 0.15) is 22.5 Å². The summed E-state index contributed by atoms with van der Waals surface area (Å²) in [5, 5.41) is 11.2. The summed E-state index contributed by atoms with van der Waals surface area (Å²) in [5.74, 6) is -0.132. The summed E-state index contributed by atoms with van der Waals surface area (Å²) in [6, 6.07) is 1.69. The third-order valence-electron chi connectivity index (χ3n) is 3.45. The monoisotopic (exact) mass is 322 g/mol. The number of anilines is 1. The SMILES string of the molecule is O=C(O)Nc1nc(-c2ccoc2)c(C(=O)C2CCOCC2)s1. The van der Waals surface area contributed by atoms with Crippen molar-refractivity contribution in [1.29, 1.82) is 0 Å². The van der Waals surface area contributed by atoms with E-state index in [1.54, 1.807) is 6.07 Å². The molecular weight excluding hydrogens is 308 g/mol. The summed E-state index contributed by atoms with van der Waals surface area (Å²) in [7, 11) is 0. The second-order valence-electron chi connectivity index (χ2n) is 4.89. The Morgan fingerprint density at radius 2 is 2.14 bits per heavy atom. The van der Waals surface area contributed by atoms with Gasteiger partial charge in [-0.2, -0.15) is 0 Å². The van der Waals surface area contributed by atoms with Gasteiger partial charge < -0.3 is 14.3 Å². The van der Waals surface area contributed by atoms with Crippen LogP contribution in [-0.4, -0.2) is 35.2 Å². The Kier molecular flexibility index (Phi) is 4.21. The van der Waals surface area contributed by atoms with Crippen LogP contribution in [0.15, 0.2) is 23.0 Å². The first-order valence-electron chi connectivity index (χ1n) is 6.80. The van der Waals surface area contributed by atoms with Crippen molar-refractivity contribution in [1.82, 2.24) is 4.98 Å². The number of carbonyl (C=O) groups is 2. The third kappa shape index (κ3) is 3.02. The van der Waals surface area contributed by atoms with Gasteiger partial charge in [-0.15, -0.1) is 0 Å². The van der Waals surface area contributed by atoms with Gasteiger partial charge in [0.1, 0.15) is 4.88 Å². The van der Waals surface area contributed by atoms with Gasteiger partial charge in [-0.1, -0.05) is 11.3 Å². The van der Waals surface area contributed by atoms with E-state index in [1.807, 2.05) is 0 Å². The topological polar surface area (TPSA) is 102 Å². The number of nitrogens with one attached hydrogen (secondary N) is 1. The predicted octanol–water partition coefficient (Wildman–Crippen LogP) is 3.10. The minimum Gasteiger partial charge on any atom is -0.472 e. The van der Waals surface area contributed by atoms with E-state index in [1.165, 1.54) is 12.5 Å². The molecule has 0 saturated carbocycles. The highest BCUT2D eigenvalue weighted by Gasteiger charge is 2.28. The molecule has 116 valence electrons.